The minimum atomic E-state index is -1.04. The summed E-state index contributed by atoms with van der Waals surface area (Å²) in [6.07, 6.45) is 7.56. The van der Waals surface area contributed by atoms with E-state index in [9.17, 15) is 9.90 Å². The molecule has 0 bridgehead atoms. The molecule has 8 heteroatoms. The highest BCUT2D eigenvalue weighted by Gasteiger charge is 2.42. The number of pyridine rings is 1. The topological polar surface area (TPSA) is 100 Å². The summed E-state index contributed by atoms with van der Waals surface area (Å²) in [5.41, 5.74) is 0.238. The van der Waals surface area contributed by atoms with Crippen molar-refractivity contribution in [3.8, 4) is 0 Å². The number of nitrogens with one attached hydrogen (secondary N) is 1. The Morgan fingerprint density at radius 3 is 2.64 bits per heavy atom. The summed E-state index contributed by atoms with van der Waals surface area (Å²) in [5.74, 6) is 1.07. The molecule has 0 spiro atoms. The summed E-state index contributed by atoms with van der Waals surface area (Å²) < 4.78 is 5.49. The molecule has 1 fully saturated rings. The van der Waals surface area contributed by atoms with Gasteiger partial charge in [-0.2, -0.15) is 0 Å². The van der Waals surface area contributed by atoms with Crippen LogP contribution < -0.4 is 10.2 Å². The number of nitrogens with zero attached hydrogens (tertiary/aromatic N) is 4. The van der Waals surface area contributed by atoms with Gasteiger partial charge in [-0.1, -0.05) is 6.07 Å². The molecule has 2 aromatic heterocycles. The molecule has 8 nitrogen and oxygen atoms in total. The molecule has 3 heterocycles. The summed E-state index contributed by atoms with van der Waals surface area (Å²) in [6.45, 7) is 3.36. The number of carbonyl (C=O) groups is 1. The van der Waals surface area contributed by atoms with Crippen molar-refractivity contribution in [3.05, 3.63) is 42.0 Å². The lowest BCUT2D eigenvalue weighted by Crippen LogP contribution is -2.48. The first-order valence-electron chi connectivity index (χ1n) is 9.50. The van der Waals surface area contributed by atoms with Gasteiger partial charge >= 0.3 is 0 Å². The number of amides is 1. The van der Waals surface area contributed by atoms with Gasteiger partial charge in [-0.25, -0.2) is 9.97 Å². The van der Waals surface area contributed by atoms with Gasteiger partial charge in [0.1, 0.15) is 11.6 Å². The quantitative estimate of drug-likeness (QED) is 0.834. The fraction of sp³-hybridized carbons (Fsp3) is 0.500. The van der Waals surface area contributed by atoms with Gasteiger partial charge in [-0.05, 0) is 39.2 Å². The van der Waals surface area contributed by atoms with Gasteiger partial charge in [-0.15, -0.1) is 0 Å². The zero-order valence-electron chi connectivity index (χ0n) is 16.3. The van der Waals surface area contributed by atoms with Crippen molar-refractivity contribution in [2.75, 3.05) is 17.3 Å². The van der Waals surface area contributed by atoms with E-state index in [1.807, 2.05) is 6.07 Å². The lowest BCUT2D eigenvalue weighted by molar-refractivity contribution is -0.120. The summed E-state index contributed by atoms with van der Waals surface area (Å²) >= 11 is 0. The molecule has 4 rings (SSSR count). The van der Waals surface area contributed by atoms with Gasteiger partial charge in [0.15, 0.2) is 11.6 Å². The van der Waals surface area contributed by atoms with Crippen LogP contribution in [-0.4, -0.2) is 45.2 Å². The van der Waals surface area contributed by atoms with Crippen LogP contribution in [0.4, 0.5) is 11.6 Å². The lowest BCUT2D eigenvalue weighted by Gasteiger charge is -2.37. The molecule has 148 valence electrons. The molecule has 2 aromatic rings. The third-order valence-corrected chi connectivity index (χ3v) is 5.47. The first-order valence-corrected chi connectivity index (χ1v) is 9.50. The fourth-order valence-corrected chi connectivity index (χ4v) is 3.93. The normalized spacial score (nSPS) is 24.8. The maximum atomic E-state index is 13.4. The standard InChI is InChI=1S/C20H25N5O3/c1-20(2,27)15-7-4-12(11-23-15)16-19(26)25(13-5-6-14(10-13)28-3)18-17(24-16)21-8-9-22-18/h4,7-9,11,13-14,16,27H,5-6,10H2,1-3H3,(H,21,24)/t13-,14+,16?/m1/s1. The molecule has 0 aromatic carbocycles. The Balaban J connectivity index is 1.68. The number of anilines is 2. The zero-order valence-corrected chi connectivity index (χ0v) is 16.3. The van der Waals surface area contributed by atoms with Crippen molar-refractivity contribution >= 4 is 17.5 Å². The number of ether oxygens (including phenoxy) is 1. The molecular formula is C20H25N5O3. The van der Waals surface area contributed by atoms with E-state index in [1.165, 1.54) is 0 Å². The molecule has 2 aliphatic rings. The molecule has 3 atom stereocenters. The first kappa shape index (κ1) is 18.8. The maximum Gasteiger partial charge on any atom is 0.255 e. The average Bonchev–Trinajstić information content (AvgIpc) is 3.15. The van der Waals surface area contributed by atoms with Gasteiger partial charge in [0, 0.05) is 37.3 Å². The Morgan fingerprint density at radius 1 is 1.21 bits per heavy atom. The molecule has 1 saturated carbocycles. The second kappa shape index (κ2) is 7.10. The smallest absolute Gasteiger partial charge is 0.255 e. The SMILES string of the molecule is CO[C@H]1CC[C@@H](N2C(=O)C(c3ccc(C(C)(C)O)nc3)Nc3nccnc32)C1. The number of rotatable bonds is 4. The largest absolute Gasteiger partial charge is 0.384 e. The molecule has 0 radical (unpaired) electrons. The highest BCUT2D eigenvalue weighted by molar-refractivity contribution is 6.04. The van der Waals surface area contributed by atoms with Crippen LogP contribution in [-0.2, 0) is 15.1 Å². The summed E-state index contributed by atoms with van der Waals surface area (Å²) in [4.78, 5) is 28.3. The number of carbonyl (C=O) groups excluding carboxylic acids is 1. The molecule has 0 saturated heterocycles. The van der Waals surface area contributed by atoms with E-state index < -0.39 is 11.6 Å². The van der Waals surface area contributed by atoms with Crippen molar-refractivity contribution < 1.29 is 14.6 Å². The van der Waals surface area contributed by atoms with E-state index in [4.69, 9.17) is 4.74 Å². The maximum absolute atomic E-state index is 13.4. The van der Waals surface area contributed by atoms with Crippen molar-refractivity contribution in [2.24, 2.45) is 0 Å². The van der Waals surface area contributed by atoms with E-state index in [0.29, 0.717) is 17.3 Å². The Bertz CT molecular complexity index is 865. The van der Waals surface area contributed by atoms with Gasteiger partial charge in [-0.3, -0.25) is 14.7 Å². The van der Waals surface area contributed by atoms with E-state index in [-0.39, 0.29) is 18.1 Å². The van der Waals surface area contributed by atoms with Crippen molar-refractivity contribution in [2.45, 2.75) is 56.9 Å². The third kappa shape index (κ3) is 3.33. The molecule has 1 aliphatic carbocycles. The number of aliphatic hydroxyl groups is 1. The van der Waals surface area contributed by atoms with Gasteiger partial charge in [0.2, 0.25) is 0 Å². The highest BCUT2D eigenvalue weighted by atomic mass is 16.5. The van der Waals surface area contributed by atoms with Crippen LogP contribution in [0.5, 0.6) is 0 Å². The summed E-state index contributed by atoms with van der Waals surface area (Å²) in [6, 6.07) is 2.99. The van der Waals surface area contributed by atoms with Crippen LogP contribution in [0.3, 0.4) is 0 Å². The number of aromatic nitrogens is 3. The Kier molecular flexibility index (Phi) is 4.76. The van der Waals surface area contributed by atoms with Crippen LogP contribution in [0.25, 0.3) is 0 Å². The van der Waals surface area contributed by atoms with E-state index in [2.05, 4.69) is 20.3 Å². The number of hydrogen-bond donors (Lipinski definition) is 2. The van der Waals surface area contributed by atoms with Crippen LogP contribution in [0, 0.1) is 0 Å². The van der Waals surface area contributed by atoms with Crippen LogP contribution in [0.2, 0.25) is 0 Å². The van der Waals surface area contributed by atoms with E-state index in [0.717, 1.165) is 24.8 Å². The molecular weight excluding hydrogens is 358 g/mol. The summed E-state index contributed by atoms with van der Waals surface area (Å²) in [5, 5.41) is 13.3. The fourth-order valence-electron chi connectivity index (χ4n) is 3.93. The number of fused-ring (bicyclic) bond motifs is 1. The molecule has 28 heavy (non-hydrogen) atoms. The summed E-state index contributed by atoms with van der Waals surface area (Å²) in [7, 11) is 1.71. The van der Waals surface area contributed by atoms with E-state index in [1.54, 1.807) is 50.5 Å². The van der Waals surface area contributed by atoms with Crippen molar-refractivity contribution in [1.82, 2.24) is 15.0 Å². The number of hydrogen-bond acceptors (Lipinski definition) is 7. The average molecular weight is 383 g/mol. The lowest BCUT2D eigenvalue weighted by atomic mass is 10.00. The predicted molar refractivity (Wildman–Crippen MR) is 104 cm³/mol. The van der Waals surface area contributed by atoms with Crippen molar-refractivity contribution in [1.29, 1.82) is 0 Å². The van der Waals surface area contributed by atoms with Crippen molar-refractivity contribution in [3.63, 3.8) is 0 Å². The second-order valence-electron chi connectivity index (χ2n) is 7.87. The third-order valence-electron chi connectivity index (χ3n) is 5.47. The van der Waals surface area contributed by atoms with Gasteiger partial charge in [0.05, 0.1) is 11.8 Å². The van der Waals surface area contributed by atoms with Gasteiger partial charge < -0.3 is 15.2 Å². The Hall–Kier alpha value is -2.58. The Morgan fingerprint density at radius 2 is 2.00 bits per heavy atom. The number of methoxy groups -OCH3 is 1. The highest BCUT2D eigenvalue weighted by Crippen LogP contribution is 2.38. The minimum absolute atomic E-state index is 0.0288. The zero-order chi connectivity index (χ0) is 19.9. The second-order valence-corrected chi connectivity index (χ2v) is 7.87. The predicted octanol–water partition coefficient (Wildman–Crippen LogP) is 2.17. The van der Waals surface area contributed by atoms with E-state index >= 15 is 0 Å². The molecule has 2 N–H and O–H groups in total. The molecule has 1 aliphatic heterocycles. The first-order chi connectivity index (χ1) is 13.4. The van der Waals surface area contributed by atoms with Crippen LogP contribution >= 0.6 is 0 Å². The van der Waals surface area contributed by atoms with Gasteiger partial charge in [0.25, 0.3) is 5.91 Å². The monoisotopic (exact) mass is 383 g/mol. The molecule has 1 unspecified atom stereocenters. The molecule has 1 amide bonds. The Labute approximate surface area is 164 Å². The van der Waals surface area contributed by atoms with Crippen LogP contribution in [0.15, 0.2) is 30.7 Å². The van der Waals surface area contributed by atoms with Crippen LogP contribution in [0.1, 0.15) is 50.4 Å². The minimum Gasteiger partial charge on any atom is -0.384 e.